The van der Waals surface area contributed by atoms with Crippen molar-refractivity contribution in [2.75, 3.05) is 18.4 Å². The van der Waals surface area contributed by atoms with Crippen molar-refractivity contribution in [2.24, 2.45) is 0 Å². The van der Waals surface area contributed by atoms with Crippen LogP contribution in [0.1, 0.15) is 22.0 Å². The molecular weight excluding hydrogens is 484 g/mol. The van der Waals surface area contributed by atoms with E-state index in [4.69, 9.17) is 16.7 Å². The highest BCUT2D eigenvalue weighted by atomic mass is 35.5. The van der Waals surface area contributed by atoms with E-state index in [2.05, 4.69) is 10.6 Å². The summed E-state index contributed by atoms with van der Waals surface area (Å²) in [5, 5.41) is 83.4. The number of aromatic hydroxyl groups is 4. The molecule has 0 radical (unpaired) electrons. The second kappa shape index (κ2) is 10.3. The molecule has 3 aromatic rings. The summed E-state index contributed by atoms with van der Waals surface area (Å²) in [6.45, 7) is -0.0180. The molecule has 35 heavy (non-hydrogen) atoms. The summed E-state index contributed by atoms with van der Waals surface area (Å²) >= 11 is 5.62. The third-order valence-corrected chi connectivity index (χ3v) is 5.53. The van der Waals surface area contributed by atoms with Crippen LogP contribution in [-0.4, -0.2) is 65.8 Å². The largest absolute Gasteiger partial charge is 0.506 e. The Balaban J connectivity index is 1.66. The number of aliphatic hydroxyl groups is 3. The fraction of sp³-hybridized carbons (Fsp3) is 0.174. The number of hydrogen-bond donors (Lipinski definition) is 10. The van der Waals surface area contributed by atoms with Crippen molar-refractivity contribution >= 4 is 23.3 Å². The first-order valence-electron chi connectivity index (χ1n) is 10.1. The van der Waals surface area contributed by atoms with E-state index < -0.39 is 51.6 Å². The Morgan fingerprint density at radius 1 is 0.886 bits per heavy atom. The highest BCUT2D eigenvalue weighted by Gasteiger charge is 2.40. The average Bonchev–Trinajstić information content (AvgIpc) is 2.84. The molecule has 3 aromatic carbocycles. The van der Waals surface area contributed by atoms with Gasteiger partial charge in [-0.05, 0) is 35.4 Å². The number of benzene rings is 3. The van der Waals surface area contributed by atoms with Crippen molar-refractivity contribution in [3.63, 3.8) is 0 Å². The van der Waals surface area contributed by atoms with Crippen molar-refractivity contribution < 1.29 is 45.6 Å². The monoisotopic (exact) mass is 506 g/mol. The van der Waals surface area contributed by atoms with Gasteiger partial charge in [-0.25, -0.2) is 4.79 Å². The molecule has 0 aromatic heterocycles. The Bertz CT molecular complexity index is 1220. The minimum atomic E-state index is -3.08. The Labute approximate surface area is 203 Å². The zero-order chi connectivity index (χ0) is 25.9. The van der Waals surface area contributed by atoms with Crippen molar-refractivity contribution in [1.82, 2.24) is 5.32 Å². The van der Waals surface area contributed by atoms with Crippen LogP contribution in [0.25, 0.3) is 11.1 Å². The van der Waals surface area contributed by atoms with Crippen LogP contribution in [-0.2, 0) is 0 Å². The number of anilines is 1. The summed E-state index contributed by atoms with van der Waals surface area (Å²) < 4.78 is 0. The zero-order valence-corrected chi connectivity index (χ0v) is 18.7. The summed E-state index contributed by atoms with van der Waals surface area (Å²) in [6.07, 6.45) is -2.38. The van der Waals surface area contributed by atoms with Gasteiger partial charge in [0.1, 0.15) is 10.8 Å². The van der Waals surface area contributed by atoms with Crippen molar-refractivity contribution in [3.8, 4) is 34.1 Å². The molecule has 0 amide bonds. The molecule has 0 heterocycles. The summed E-state index contributed by atoms with van der Waals surface area (Å²) in [7, 11) is 0. The molecule has 1 atom stereocenters. The number of aliphatic hydroxyl groups excluding tert-OH is 1. The first-order chi connectivity index (χ1) is 16.4. The molecule has 10 N–H and O–H groups in total. The van der Waals surface area contributed by atoms with Gasteiger partial charge >= 0.3 is 5.97 Å². The van der Waals surface area contributed by atoms with Gasteiger partial charge in [0.25, 0.3) is 5.91 Å². The molecule has 1 unspecified atom stereocenters. The normalized spacial score (nSPS) is 12.3. The van der Waals surface area contributed by atoms with Gasteiger partial charge in [0.05, 0.1) is 11.1 Å². The minimum Gasteiger partial charge on any atom is -0.506 e. The number of aromatic carboxylic acids is 1. The van der Waals surface area contributed by atoms with E-state index >= 15 is 0 Å². The van der Waals surface area contributed by atoms with Crippen LogP contribution in [0, 0.1) is 0 Å². The van der Waals surface area contributed by atoms with Crippen molar-refractivity contribution in [1.29, 1.82) is 0 Å². The van der Waals surface area contributed by atoms with Gasteiger partial charge in [-0.1, -0.05) is 35.9 Å². The molecule has 0 bridgehead atoms. The maximum absolute atomic E-state index is 11.2. The van der Waals surface area contributed by atoms with E-state index in [1.807, 2.05) is 0 Å². The minimum absolute atomic E-state index is 0.119. The molecule has 0 aliphatic heterocycles. The summed E-state index contributed by atoms with van der Waals surface area (Å²) in [4.78, 5) is 11.2. The second-order valence-corrected chi connectivity index (χ2v) is 7.95. The van der Waals surface area contributed by atoms with Crippen LogP contribution in [0.4, 0.5) is 5.69 Å². The van der Waals surface area contributed by atoms with E-state index in [-0.39, 0.29) is 18.7 Å². The molecular formula is C23H23ClN2O9. The number of phenolic OH excluding ortho intramolecular Hbond substituents is 4. The van der Waals surface area contributed by atoms with Gasteiger partial charge in [-0.3, -0.25) is 5.32 Å². The summed E-state index contributed by atoms with van der Waals surface area (Å²) in [5.41, 5.74) is 1.31. The zero-order valence-electron chi connectivity index (χ0n) is 18.0. The number of carboxylic acids is 1. The van der Waals surface area contributed by atoms with Crippen molar-refractivity contribution in [3.05, 3.63) is 64.7 Å². The van der Waals surface area contributed by atoms with Gasteiger partial charge < -0.3 is 46.2 Å². The molecule has 186 valence electrons. The van der Waals surface area contributed by atoms with Gasteiger partial charge in [0.15, 0.2) is 17.6 Å². The number of phenols is 4. The average molecular weight is 507 g/mol. The Kier molecular flexibility index (Phi) is 7.58. The molecule has 0 aliphatic rings. The molecule has 0 spiro atoms. The predicted octanol–water partition coefficient (Wildman–Crippen LogP) is 1.90. The first kappa shape index (κ1) is 25.9. The Morgan fingerprint density at radius 3 is 2.17 bits per heavy atom. The van der Waals surface area contributed by atoms with Gasteiger partial charge in [0.2, 0.25) is 5.75 Å². The van der Waals surface area contributed by atoms with Crippen LogP contribution in [0.2, 0.25) is 5.02 Å². The third-order valence-electron chi connectivity index (χ3n) is 5.17. The predicted molar refractivity (Wildman–Crippen MR) is 126 cm³/mol. The maximum Gasteiger partial charge on any atom is 0.335 e. The van der Waals surface area contributed by atoms with Crippen LogP contribution in [0.15, 0.2) is 48.5 Å². The van der Waals surface area contributed by atoms with E-state index in [1.165, 1.54) is 12.1 Å². The molecule has 12 heteroatoms. The highest BCUT2D eigenvalue weighted by molar-refractivity contribution is 6.34. The standard InChI is InChI=1S/C23H23ClN2O9/c24-16-17(27)15(18(28)20(30)19(16)29)21(31)23(34,35)26-8-7-25-14-6-2-4-12(10-14)11-3-1-5-13(9-11)22(32)33/h1-6,9-10,21,25-31,34-35H,7-8H2,(H,32,33). The Hall–Kier alpha value is -3.74. The smallest absolute Gasteiger partial charge is 0.335 e. The summed E-state index contributed by atoms with van der Waals surface area (Å²) in [5.74, 6) is -8.57. The van der Waals surface area contributed by atoms with Gasteiger partial charge in [0, 0.05) is 18.8 Å². The van der Waals surface area contributed by atoms with Crippen LogP contribution < -0.4 is 10.6 Å². The quantitative estimate of drug-likeness (QED) is 0.0878. The van der Waals surface area contributed by atoms with E-state index in [1.54, 1.807) is 36.4 Å². The number of carbonyl (C=O) groups is 1. The highest BCUT2D eigenvalue weighted by Crippen LogP contribution is 2.52. The maximum atomic E-state index is 11.2. The third kappa shape index (κ3) is 5.50. The number of carboxylic acid groups (broad SMARTS) is 1. The van der Waals surface area contributed by atoms with Crippen molar-refractivity contribution in [2.45, 2.75) is 12.0 Å². The molecule has 0 saturated heterocycles. The van der Waals surface area contributed by atoms with E-state index in [0.29, 0.717) is 11.3 Å². The van der Waals surface area contributed by atoms with Gasteiger partial charge in [-0.15, -0.1) is 0 Å². The number of hydrogen-bond acceptors (Lipinski definition) is 10. The van der Waals surface area contributed by atoms with Crippen LogP contribution >= 0.6 is 11.6 Å². The Morgan fingerprint density at radius 2 is 1.51 bits per heavy atom. The fourth-order valence-electron chi connectivity index (χ4n) is 3.34. The van der Waals surface area contributed by atoms with Crippen LogP contribution in [0.5, 0.6) is 23.0 Å². The first-order valence-corrected chi connectivity index (χ1v) is 10.5. The topological polar surface area (TPSA) is 203 Å². The summed E-state index contributed by atoms with van der Waals surface area (Å²) in [6, 6.07) is 13.5. The SMILES string of the molecule is O=C(O)c1cccc(-c2cccc(NCCNC(O)(O)C(O)c3c(O)c(O)c(O)c(Cl)c3O)c2)c1. The lowest BCUT2D eigenvalue weighted by Crippen LogP contribution is -2.51. The molecule has 3 rings (SSSR count). The molecule has 11 nitrogen and oxygen atoms in total. The number of halogens is 1. The lowest BCUT2D eigenvalue weighted by Gasteiger charge is -2.29. The number of nitrogens with one attached hydrogen (secondary N) is 2. The van der Waals surface area contributed by atoms with E-state index in [0.717, 1.165) is 5.56 Å². The fourth-order valence-corrected chi connectivity index (χ4v) is 3.53. The number of rotatable bonds is 9. The lowest BCUT2D eigenvalue weighted by atomic mass is 10.0. The molecule has 0 aliphatic carbocycles. The van der Waals surface area contributed by atoms with Gasteiger partial charge in [-0.2, -0.15) is 0 Å². The molecule has 0 fully saturated rings. The van der Waals surface area contributed by atoms with Crippen LogP contribution in [0.3, 0.4) is 0 Å². The lowest BCUT2D eigenvalue weighted by molar-refractivity contribution is -0.248. The molecule has 0 saturated carbocycles. The second-order valence-electron chi connectivity index (χ2n) is 7.57. The van der Waals surface area contributed by atoms with E-state index in [9.17, 15) is 40.5 Å².